The summed E-state index contributed by atoms with van der Waals surface area (Å²) in [5.74, 6) is 0. The van der Waals surface area contributed by atoms with Crippen LogP contribution in [0.5, 0.6) is 0 Å². The van der Waals surface area contributed by atoms with Crippen LogP contribution in [0.1, 0.15) is 31.9 Å². The molecule has 2 aliphatic rings. The van der Waals surface area contributed by atoms with Gasteiger partial charge in [-0.15, -0.1) is 0 Å². The molecule has 0 saturated heterocycles. The van der Waals surface area contributed by atoms with Crippen molar-refractivity contribution >= 4 is 140 Å². The highest BCUT2D eigenvalue weighted by Crippen LogP contribution is 2.56. The maximum atomic E-state index is 10.7. The maximum Gasteiger partial charge on any atom is 0.252 e. The quantitative estimate of drug-likeness (QED) is 0.128. The van der Waals surface area contributed by atoms with E-state index in [1.807, 2.05) is 6.07 Å². The van der Waals surface area contributed by atoms with E-state index in [0.29, 0.717) is 5.56 Å². The molecule has 103 heavy (non-hydrogen) atoms. The number of anilines is 9. The molecule has 7 nitrogen and oxygen atoms in total. The zero-order valence-electron chi connectivity index (χ0n) is 57.0. The highest BCUT2D eigenvalue weighted by molar-refractivity contribution is 7.00. The molecule has 0 radical (unpaired) electrons. The number of benzene rings is 15. The highest BCUT2D eigenvalue weighted by atomic mass is 16.3. The van der Waals surface area contributed by atoms with Gasteiger partial charge in [0.1, 0.15) is 5.58 Å². The molecule has 2 aliphatic heterocycles. The number of aromatic nitrogens is 2. The topological polar surface area (TPSA) is 56.5 Å². The van der Waals surface area contributed by atoms with Crippen LogP contribution in [0, 0.1) is 11.3 Å². The normalized spacial score (nSPS) is 12.5. The third kappa shape index (κ3) is 9.29. The van der Waals surface area contributed by atoms with E-state index in [1.165, 1.54) is 16.3 Å². The third-order valence-electron chi connectivity index (χ3n) is 21.4. The monoisotopic (exact) mass is 1320 g/mol. The number of hydrogen-bond acceptors (Lipinski definition) is 5. The summed E-state index contributed by atoms with van der Waals surface area (Å²) in [7, 11) is 0. The lowest BCUT2D eigenvalue weighted by Gasteiger charge is -2.46. The zero-order valence-corrected chi connectivity index (χ0v) is 57.0. The molecule has 0 saturated carbocycles. The van der Waals surface area contributed by atoms with Gasteiger partial charge in [-0.3, -0.25) is 0 Å². The summed E-state index contributed by atoms with van der Waals surface area (Å²) in [6.45, 7) is 6.40. The SMILES string of the molecule is CC(C)(C)c1ccc2c(c1)c1cc(C#N)ccc1n2-c1cc2c3c(c1)N(c1ccccc1-c1ccccc1)c1c(cc(N(c4ccccc4)c4ccccc4)c4c1oc1ccccc14)B3c1ccc(-n3c4ccccc4c4ccccc43)cc1N2c1c(-c2ccccc2)cccc1-c1ccccc1. The van der Waals surface area contributed by atoms with Gasteiger partial charge in [0.15, 0.2) is 5.58 Å². The van der Waals surface area contributed by atoms with Crippen LogP contribution in [0.4, 0.5) is 51.2 Å². The summed E-state index contributed by atoms with van der Waals surface area (Å²) in [4.78, 5) is 7.64. The highest BCUT2D eigenvalue weighted by Gasteiger charge is 2.47. The van der Waals surface area contributed by atoms with Crippen molar-refractivity contribution in [2.45, 2.75) is 26.2 Å². The van der Waals surface area contributed by atoms with E-state index in [9.17, 15) is 5.26 Å². The number of para-hydroxylation sites is 7. The van der Waals surface area contributed by atoms with Gasteiger partial charge in [0.25, 0.3) is 6.71 Å². The van der Waals surface area contributed by atoms with E-state index in [2.05, 4.69) is 384 Å². The van der Waals surface area contributed by atoms with Crippen LogP contribution in [-0.2, 0) is 5.41 Å². The maximum absolute atomic E-state index is 10.7. The fourth-order valence-corrected chi connectivity index (χ4v) is 16.9. The average molecular weight is 1320 g/mol. The Hall–Kier alpha value is -13.3. The second-order valence-electron chi connectivity index (χ2n) is 28.2. The molecule has 0 fully saturated rings. The summed E-state index contributed by atoms with van der Waals surface area (Å²) >= 11 is 0. The molecule has 20 rings (SSSR count). The number of furan rings is 1. The average Bonchev–Trinajstić information content (AvgIpc) is 1.03. The van der Waals surface area contributed by atoms with Crippen molar-refractivity contribution in [3.8, 4) is 50.8 Å². The minimum Gasteiger partial charge on any atom is -0.454 e. The van der Waals surface area contributed by atoms with Gasteiger partial charge in [-0.2, -0.15) is 5.26 Å². The number of hydrogen-bond donors (Lipinski definition) is 0. The molecule has 8 heteroatoms. The van der Waals surface area contributed by atoms with Crippen LogP contribution < -0.4 is 31.1 Å². The first-order chi connectivity index (χ1) is 50.7. The summed E-state index contributed by atoms with van der Waals surface area (Å²) < 4.78 is 12.7. The summed E-state index contributed by atoms with van der Waals surface area (Å²) in [6, 6.07) is 127. The van der Waals surface area contributed by atoms with E-state index >= 15 is 0 Å². The largest absolute Gasteiger partial charge is 0.454 e. The number of rotatable bonds is 10. The van der Waals surface area contributed by atoms with Gasteiger partial charge >= 0.3 is 0 Å². The predicted octanol–water partition coefficient (Wildman–Crippen LogP) is 23.5. The molecule has 0 spiro atoms. The summed E-state index contributed by atoms with van der Waals surface area (Å²) in [6.07, 6.45) is 0. The van der Waals surface area contributed by atoms with Gasteiger partial charge in [0.05, 0.1) is 67.5 Å². The Morgan fingerprint density at radius 2 is 0.854 bits per heavy atom. The van der Waals surface area contributed by atoms with Crippen LogP contribution in [0.3, 0.4) is 0 Å². The smallest absolute Gasteiger partial charge is 0.252 e. The Morgan fingerprint density at radius 1 is 0.369 bits per heavy atom. The number of fused-ring (bicyclic) bond motifs is 14. The van der Waals surface area contributed by atoms with E-state index in [0.717, 1.165) is 167 Å². The van der Waals surface area contributed by atoms with Crippen LogP contribution in [0.15, 0.2) is 344 Å². The molecule has 0 bridgehead atoms. The minimum absolute atomic E-state index is 0.157. The first kappa shape index (κ1) is 59.7. The predicted molar refractivity (Wildman–Crippen MR) is 431 cm³/mol. The molecular weight excluding hydrogens is 1250 g/mol. The molecule has 0 amide bonds. The van der Waals surface area contributed by atoms with Gasteiger partial charge in [0.2, 0.25) is 0 Å². The third-order valence-corrected chi connectivity index (χ3v) is 21.4. The van der Waals surface area contributed by atoms with Gasteiger partial charge in [-0.25, -0.2) is 0 Å². The Balaban J connectivity index is 1.01. The summed E-state index contributed by atoms with van der Waals surface area (Å²) in [5.41, 5.74) is 28.4. The van der Waals surface area contributed by atoms with Crippen molar-refractivity contribution < 1.29 is 4.42 Å². The van der Waals surface area contributed by atoms with E-state index in [4.69, 9.17) is 4.42 Å². The lowest BCUT2D eigenvalue weighted by Crippen LogP contribution is -2.61. The number of nitrogens with zero attached hydrogens (tertiary/aromatic N) is 6. The lowest BCUT2D eigenvalue weighted by atomic mass is 9.33. The fraction of sp³-hybridized carbons (Fsp3) is 0.0421. The van der Waals surface area contributed by atoms with Crippen molar-refractivity contribution in [2.24, 2.45) is 0 Å². The fourth-order valence-electron chi connectivity index (χ4n) is 16.9. The molecule has 0 atom stereocenters. The van der Waals surface area contributed by atoms with E-state index < -0.39 is 6.71 Å². The van der Waals surface area contributed by atoms with Gasteiger partial charge in [-0.1, -0.05) is 251 Å². The molecule has 18 aromatic rings. The molecule has 0 N–H and O–H groups in total. The van der Waals surface area contributed by atoms with Crippen LogP contribution in [0.25, 0.3) is 110 Å². The van der Waals surface area contributed by atoms with Gasteiger partial charge < -0.3 is 28.3 Å². The van der Waals surface area contributed by atoms with Crippen LogP contribution >= 0.6 is 0 Å². The van der Waals surface area contributed by atoms with Gasteiger partial charge in [-0.05, 0) is 153 Å². The number of nitriles is 1. The Bertz CT molecular complexity index is 6350. The van der Waals surface area contributed by atoms with Crippen molar-refractivity contribution in [2.75, 3.05) is 14.7 Å². The molecule has 484 valence electrons. The molecule has 5 heterocycles. The Kier molecular flexibility index (Phi) is 13.6. The van der Waals surface area contributed by atoms with E-state index in [-0.39, 0.29) is 5.41 Å². The van der Waals surface area contributed by atoms with Gasteiger partial charge in [0, 0.05) is 77.7 Å². The molecule has 15 aromatic carbocycles. The second-order valence-corrected chi connectivity index (χ2v) is 28.2. The van der Waals surface area contributed by atoms with Crippen molar-refractivity contribution in [3.05, 3.63) is 351 Å². The van der Waals surface area contributed by atoms with Crippen molar-refractivity contribution in [1.29, 1.82) is 5.26 Å². The second kappa shape index (κ2) is 23.4. The van der Waals surface area contributed by atoms with Crippen LogP contribution in [-0.4, -0.2) is 15.8 Å². The van der Waals surface area contributed by atoms with E-state index in [1.54, 1.807) is 0 Å². The first-order valence-corrected chi connectivity index (χ1v) is 35.4. The molecular formula is C95H65BN6O. The van der Waals surface area contributed by atoms with Crippen molar-refractivity contribution in [1.82, 2.24) is 9.13 Å². The standard InChI is InChI=1S/C95H65BN6O/c1-95(2,3)65-49-53-84-77(55-65)76-54-61(60-97)48-52-83(76)100(84)69-57-87-91-88(58-69)102(92-71(63-30-11-5-12-31-63)42-27-43-72(92)64-32-13-6-14-33-64)85-56-68(99-81-45-24-20-39-73(81)74-40-21-25-46-82(74)99)50-51-78(85)96(91)79-59-86(98(66-34-15-7-16-35-66)67-36-17-8-18-37-67)90-75-41-22-26-47-89(75)103-94(90)93(79)101(87)80-44-23-19-38-70(80)62-28-9-4-10-29-62/h4-59H,1-3H3. The lowest BCUT2D eigenvalue weighted by molar-refractivity contribution is 0.591. The molecule has 3 aromatic heterocycles. The molecule has 0 unspecified atom stereocenters. The minimum atomic E-state index is -0.424. The Morgan fingerprint density at radius 3 is 1.47 bits per heavy atom. The summed E-state index contributed by atoms with van der Waals surface area (Å²) in [5, 5.41) is 17.2. The molecule has 0 aliphatic carbocycles. The van der Waals surface area contributed by atoms with Crippen LogP contribution in [0.2, 0.25) is 0 Å². The van der Waals surface area contributed by atoms with Crippen molar-refractivity contribution in [3.63, 3.8) is 0 Å². The zero-order chi connectivity index (χ0) is 68.6. The first-order valence-electron chi connectivity index (χ1n) is 35.4. The Labute approximate surface area is 597 Å².